The maximum absolute atomic E-state index is 13.2. The van der Waals surface area contributed by atoms with Crippen LogP contribution in [0.5, 0.6) is 0 Å². The van der Waals surface area contributed by atoms with E-state index in [9.17, 15) is 8.78 Å². The van der Waals surface area contributed by atoms with Crippen LogP contribution in [0.25, 0.3) is 0 Å². The van der Waals surface area contributed by atoms with Gasteiger partial charge in [0.1, 0.15) is 11.6 Å². The normalized spacial score (nSPS) is 14.5. The van der Waals surface area contributed by atoms with Crippen molar-refractivity contribution in [1.82, 2.24) is 15.0 Å². The van der Waals surface area contributed by atoms with Crippen molar-refractivity contribution >= 4 is 29.2 Å². The molecule has 0 spiro atoms. The van der Waals surface area contributed by atoms with Crippen LogP contribution in [0.15, 0.2) is 18.2 Å². The molecule has 2 heterocycles. The number of anilines is 3. The van der Waals surface area contributed by atoms with Crippen molar-refractivity contribution in [2.75, 3.05) is 23.3 Å². The summed E-state index contributed by atoms with van der Waals surface area (Å²) in [6.07, 6.45) is 2.14. The minimum atomic E-state index is -0.683. The zero-order chi connectivity index (χ0) is 14.8. The number of rotatable bonds is 3. The van der Waals surface area contributed by atoms with Gasteiger partial charge in [0.25, 0.3) is 0 Å². The predicted molar refractivity (Wildman–Crippen MR) is 75.9 cm³/mol. The number of nitrogens with zero attached hydrogens (tertiary/aromatic N) is 4. The van der Waals surface area contributed by atoms with E-state index in [0.717, 1.165) is 44.1 Å². The standard InChI is InChI=1S/C13H12ClF2N5/c14-11-18-12(17-10-6-8(15)5-9(16)7-10)20-13(19-11)21-3-1-2-4-21/h5-7H,1-4H2,(H,17,18,19,20). The molecule has 0 unspecified atom stereocenters. The van der Waals surface area contributed by atoms with E-state index >= 15 is 0 Å². The Hall–Kier alpha value is -2.02. The summed E-state index contributed by atoms with van der Waals surface area (Å²) in [6.45, 7) is 1.71. The fourth-order valence-electron chi connectivity index (χ4n) is 2.21. The molecular formula is C13H12ClF2N5. The summed E-state index contributed by atoms with van der Waals surface area (Å²) in [5, 5.41) is 2.77. The van der Waals surface area contributed by atoms with Crippen LogP contribution in [0.3, 0.4) is 0 Å². The third-order valence-electron chi connectivity index (χ3n) is 3.10. The van der Waals surface area contributed by atoms with E-state index in [1.165, 1.54) is 0 Å². The second-order valence-electron chi connectivity index (χ2n) is 4.71. The number of hydrogen-bond acceptors (Lipinski definition) is 5. The molecule has 1 N–H and O–H groups in total. The van der Waals surface area contributed by atoms with Gasteiger partial charge < -0.3 is 10.2 Å². The molecule has 1 saturated heterocycles. The van der Waals surface area contributed by atoms with Crippen LogP contribution in [0.2, 0.25) is 5.28 Å². The number of benzene rings is 1. The average Bonchev–Trinajstić information content (AvgIpc) is 2.90. The zero-order valence-corrected chi connectivity index (χ0v) is 11.7. The Labute approximate surface area is 125 Å². The SMILES string of the molecule is Fc1cc(F)cc(Nc2nc(Cl)nc(N3CCCC3)n2)c1. The highest BCUT2D eigenvalue weighted by Crippen LogP contribution is 2.21. The number of aromatic nitrogens is 3. The molecular weight excluding hydrogens is 300 g/mol. The topological polar surface area (TPSA) is 53.9 Å². The van der Waals surface area contributed by atoms with Crippen LogP contribution >= 0.6 is 11.6 Å². The summed E-state index contributed by atoms with van der Waals surface area (Å²) in [7, 11) is 0. The Bertz CT molecular complexity index is 641. The monoisotopic (exact) mass is 311 g/mol. The molecule has 0 bridgehead atoms. The van der Waals surface area contributed by atoms with Crippen molar-refractivity contribution < 1.29 is 8.78 Å². The van der Waals surface area contributed by atoms with Crippen LogP contribution in [0, 0.1) is 11.6 Å². The van der Waals surface area contributed by atoms with Gasteiger partial charge in [-0.25, -0.2) is 8.78 Å². The van der Waals surface area contributed by atoms with Crippen molar-refractivity contribution in [2.24, 2.45) is 0 Å². The third-order valence-corrected chi connectivity index (χ3v) is 3.27. The van der Waals surface area contributed by atoms with Crippen molar-refractivity contribution in [3.8, 4) is 0 Å². The van der Waals surface area contributed by atoms with E-state index in [1.54, 1.807) is 0 Å². The fourth-order valence-corrected chi connectivity index (χ4v) is 2.36. The molecule has 1 aliphatic heterocycles. The lowest BCUT2D eigenvalue weighted by atomic mass is 10.3. The van der Waals surface area contributed by atoms with E-state index in [0.29, 0.717) is 5.95 Å². The smallest absolute Gasteiger partial charge is 0.233 e. The molecule has 0 saturated carbocycles. The lowest BCUT2D eigenvalue weighted by Crippen LogP contribution is -2.21. The van der Waals surface area contributed by atoms with Gasteiger partial charge in [0.2, 0.25) is 17.2 Å². The van der Waals surface area contributed by atoms with Gasteiger partial charge in [-0.05, 0) is 36.6 Å². The Morgan fingerprint density at radius 3 is 2.33 bits per heavy atom. The summed E-state index contributed by atoms with van der Waals surface area (Å²) in [4.78, 5) is 14.2. The first kappa shape index (κ1) is 13.9. The van der Waals surface area contributed by atoms with Gasteiger partial charge in [0.05, 0.1) is 0 Å². The van der Waals surface area contributed by atoms with Gasteiger partial charge in [0, 0.05) is 24.8 Å². The highest BCUT2D eigenvalue weighted by molar-refractivity contribution is 6.28. The maximum atomic E-state index is 13.2. The molecule has 3 rings (SSSR count). The van der Waals surface area contributed by atoms with E-state index in [2.05, 4.69) is 20.3 Å². The molecule has 1 aromatic heterocycles. The number of nitrogens with one attached hydrogen (secondary N) is 1. The molecule has 8 heteroatoms. The zero-order valence-electron chi connectivity index (χ0n) is 11.0. The lowest BCUT2D eigenvalue weighted by Gasteiger charge is -2.15. The predicted octanol–water partition coefficient (Wildman–Crippen LogP) is 3.15. The molecule has 0 aliphatic carbocycles. The first-order valence-electron chi connectivity index (χ1n) is 6.50. The highest BCUT2D eigenvalue weighted by Gasteiger charge is 2.17. The molecule has 2 aromatic rings. The molecule has 0 radical (unpaired) electrons. The van der Waals surface area contributed by atoms with Crippen LogP contribution in [-0.4, -0.2) is 28.0 Å². The van der Waals surface area contributed by atoms with E-state index in [4.69, 9.17) is 11.6 Å². The van der Waals surface area contributed by atoms with Gasteiger partial charge >= 0.3 is 0 Å². The van der Waals surface area contributed by atoms with Gasteiger partial charge in [-0.15, -0.1) is 0 Å². The summed E-state index contributed by atoms with van der Waals surface area (Å²) < 4.78 is 26.3. The Kier molecular flexibility index (Phi) is 3.83. The Balaban J connectivity index is 1.87. The average molecular weight is 312 g/mol. The van der Waals surface area contributed by atoms with E-state index in [-0.39, 0.29) is 16.9 Å². The van der Waals surface area contributed by atoms with E-state index < -0.39 is 11.6 Å². The van der Waals surface area contributed by atoms with Gasteiger partial charge in [-0.2, -0.15) is 15.0 Å². The van der Waals surface area contributed by atoms with Crippen LogP contribution < -0.4 is 10.2 Å². The Morgan fingerprint density at radius 1 is 1.00 bits per heavy atom. The van der Waals surface area contributed by atoms with Gasteiger partial charge in [-0.3, -0.25) is 0 Å². The first-order chi connectivity index (χ1) is 10.1. The molecule has 0 amide bonds. The Morgan fingerprint density at radius 2 is 1.67 bits per heavy atom. The second-order valence-corrected chi connectivity index (χ2v) is 5.04. The minimum absolute atomic E-state index is 0.0336. The van der Waals surface area contributed by atoms with Crippen molar-refractivity contribution in [3.05, 3.63) is 35.1 Å². The highest BCUT2D eigenvalue weighted by atomic mass is 35.5. The number of hydrogen-bond donors (Lipinski definition) is 1. The van der Waals surface area contributed by atoms with Crippen LogP contribution in [0.1, 0.15) is 12.8 Å². The quantitative estimate of drug-likeness (QED) is 0.943. The maximum Gasteiger partial charge on any atom is 0.233 e. The first-order valence-corrected chi connectivity index (χ1v) is 6.87. The van der Waals surface area contributed by atoms with Gasteiger partial charge in [-0.1, -0.05) is 0 Å². The lowest BCUT2D eigenvalue weighted by molar-refractivity contribution is 0.584. The number of halogens is 3. The minimum Gasteiger partial charge on any atom is -0.341 e. The molecule has 1 fully saturated rings. The second kappa shape index (κ2) is 5.77. The van der Waals surface area contributed by atoms with Crippen molar-refractivity contribution in [2.45, 2.75) is 12.8 Å². The molecule has 1 aromatic carbocycles. The molecule has 0 atom stereocenters. The molecule has 21 heavy (non-hydrogen) atoms. The van der Waals surface area contributed by atoms with Crippen LogP contribution in [0.4, 0.5) is 26.4 Å². The molecule has 110 valence electrons. The summed E-state index contributed by atoms with van der Waals surface area (Å²) in [5.74, 6) is -0.747. The summed E-state index contributed by atoms with van der Waals surface area (Å²) in [5.41, 5.74) is 0.210. The van der Waals surface area contributed by atoms with E-state index in [1.807, 2.05) is 4.90 Å². The van der Waals surface area contributed by atoms with Gasteiger partial charge in [0.15, 0.2) is 0 Å². The molecule has 1 aliphatic rings. The fraction of sp³-hybridized carbons (Fsp3) is 0.308. The van der Waals surface area contributed by atoms with Crippen molar-refractivity contribution in [1.29, 1.82) is 0 Å². The van der Waals surface area contributed by atoms with Crippen LogP contribution in [-0.2, 0) is 0 Å². The largest absolute Gasteiger partial charge is 0.341 e. The summed E-state index contributed by atoms with van der Waals surface area (Å²) >= 11 is 5.88. The molecule has 5 nitrogen and oxygen atoms in total. The third kappa shape index (κ3) is 3.36. The summed E-state index contributed by atoms with van der Waals surface area (Å²) in [6, 6.07) is 3.09. The van der Waals surface area contributed by atoms with Crippen molar-refractivity contribution in [3.63, 3.8) is 0 Å².